The van der Waals surface area contributed by atoms with Gasteiger partial charge in [-0.2, -0.15) is 16.1 Å². The van der Waals surface area contributed by atoms with E-state index in [0.717, 1.165) is 5.75 Å². The van der Waals surface area contributed by atoms with E-state index in [1.54, 1.807) is 30.8 Å². The number of thioether (sulfide) groups is 1. The van der Waals surface area contributed by atoms with E-state index in [1.807, 2.05) is 6.26 Å². The normalized spacial score (nSPS) is 22.7. The molecule has 0 aromatic heterocycles. The maximum absolute atomic E-state index is 13.2. The first-order chi connectivity index (χ1) is 14.7. The van der Waals surface area contributed by atoms with Crippen LogP contribution in [-0.2, 0) is 19.6 Å². The zero-order valence-corrected chi connectivity index (χ0v) is 20.0. The Morgan fingerprint density at radius 1 is 1.35 bits per heavy atom. The Morgan fingerprint density at radius 3 is 2.55 bits per heavy atom. The number of carbonyl (C=O) groups is 2. The molecule has 11 heteroatoms. The molecule has 2 saturated heterocycles. The molecule has 172 valence electrons. The number of nitrogens with zero attached hydrogens (tertiary/aromatic N) is 2. The van der Waals surface area contributed by atoms with E-state index in [0.29, 0.717) is 19.3 Å². The molecule has 0 saturated carbocycles. The van der Waals surface area contributed by atoms with E-state index >= 15 is 0 Å². The van der Waals surface area contributed by atoms with Crippen LogP contribution in [0, 0.1) is 0 Å². The average Bonchev–Trinajstić information content (AvgIpc) is 2.99. The Bertz CT molecular complexity index is 934. The van der Waals surface area contributed by atoms with Gasteiger partial charge in [0.1, 0.15) is 10.9 Å². The van der Waals surface area contributed by atoms with Crippen molar-refractivity contribution < 1.29 is 23.1 Å². The molecule has 2 N–H and O–H groups in total. The summed E-state index contributed by atoms with van der Waals surface area (Å²) in [4.78, 5) is 26.6. The molecule has 31 heavy (non-hydrogen) atoms. The van der Waals surface area contributed by atoms with Crippen molar-refractivity contribution in [3.63, 3.8) is 0 Å². The van der Waals surface area contributed by atoms with E-state index in [2.05, 4.69) is 5.32 Å². The topological polar surface area (TPSA) is 107 Å². The van der Waals surface area contributed by atoms with Crippen molar-refractivity contribution in [1.29, 1.82) is 0 Å². The van der Waals surface area contributed by atoms with E-state index < -0.39 is 33.7 Å². The third-order valence-electron chi connectivity index (χ3n) is 6.04. The van der Waals surface area contributed by atoms with Gasteiger partial charge in [0.2, 0.25) is 15.9 Å². The van der Waals surface area contributed by atoms with Crippen LogP contribution in [0.2, 0.25) is 5.02 Å². The Labute approximate surface area is 192 Å². The van der Waals surface area contributed by atoms with Crippen molar-refractivity contribution in [3.8, 4) is 0 Å². The van der Waals surface area contributed by atoms with Crippen LogP contribution in [0.3, 0.4) is 0 Å². The van der Waals surface area contributed by atoms with Gasteiger partial charge >= 0.3 is 5.97 Å². The molecule has 1 aromatic rings. The Hall–Kier alpha value is -1.33. The van der Waals surface area contributed by atoms with Crippen LogP contribution in [-0.4, -0.2) is 77.5 Å². The molecule has 2 heterocycles. The summed E-state index contributed by atoms with van der Waals surface area (Å²) in [7, 11) is -3.79. The zero-order valence-electron chi connectivity index (χ0n) is 17.6. The van der Waals surface area contributed by atoms with Gasteiger partial charge < -0.3 is 10.0 Å². The largest absolute Gasteiger partial charge is 0.480 e. The minimum atomic E-state index is -3.79. The number of rotatable bonds is 8. The Morgan fingerprint density at radius 2 is 2.00 bits per heavy atom. The molecule has 2 atom stereocenters. The fourth-order valence-electron chi connectivity index (χ4n) is 4.46. The molecule has 0 radical (unpaired) electrons. The smallest absolute Gasteiger partial charge is 0.326 e. The lowest BCUT2D eigenvalue weighted by atomic mass is 9.95. The summed E-state index contributed by atoms with van der Waals surface area (Å²) in [6, 6.07) is 4.89. The van der Waals surface area contributed by atoms with Crippen molar-refractivity contribution in [2.24, 2.45) is 0 Å². The summed E-state index contributed by atoms with van der Waals surface area (Å²) in [5, 5.41) is 13.3. The highest BCUT2D eigenvalue weighted by molar-refractivity contribution is 7.98. The highest BCUT2D eigenvalue weighted by Crippen LogP contribution is 2.38. The quantitative estimate of drug-likeness (QED) is 0.576. The first kappa shape index (κ1) is 24.3. The van der Waals surface area contributed by atoms with Gasteiger partial charge in [0.15, 0.2) is 0 Å². The zero-order chi connectivity index (χ0) is 22.8. The SMILES string of the molecule is CCC(C(=O)O)N1C(=O)C(CCSC)NC12CCN(S(=O)(=O)c1ccccc1Cl)CC2. The molecule has 2 fully saturated rings. The molecule has 8 nitrogen and oxygen atoms in total. The molecule has 1 aromatic carbocycles. The Balaban J connectivity index is 1.86. The van der Waals surface area contributed by atoms with Gasteiger partial charge in [0.25, 0.3) is 0 Å². The molecule has 0 bridgehead atoms. The number of benzene rings is 1. The number of piperidine rings is 1. The number of carboxylic acids is 1. The standard InChI is InChI=1S/C20H28ClN3O5S2/c1-3-16(19(26)27)24-18(25)15(8-13-30-2)22-20(24)9-11-23(12-10-20)31(28,29)17-7-5-4-6-14(17)21/h4-7,15-16,22H,3,8-13H2,1-2H3,(H,26,27). The lowest BCUT2D eigenvalue weighted by molar-refractivity contribution is -0.154. The van der Waals surface area contributed by atoms with Crippen LogP contribution in [0.5, 0.6) is 0 Å². The van der Waals surface area contributed by atoms with Crippen LogP contribution in [0.1, 0.15) is 32.6 Å². The summed E-state index contributed by atoms with van der Waals surface area (Å²) in [6.07, 6.45) is 3.44. The second-order valence-corrected chi connectivity index (χ2v) is 11.1. The molecule has 3 rings (SSSR count). The summed E-state index contributed by atoms with van der Waals surface area (Å²) in [6.45, 7) is 2.07. The second kappa shape index (κ2) is 9.66. The van der Waals surface area contributed by atoms with Crippen molar-refractivity contribution in [2.75, 3.05) is 25.1 Å². The monoisotopic (exact) mass is 489 g/mol. The fraction of sp³-hybridized carbons (Fsp3) is 0.600. The Kier molecular flexibility index (Phi) is 7.58. The molecule has 2 aliphatic rings. The van der Waals surface area contributed by atoms with E-state index in [4.69, 9.17) is 11.6 Å². The summed E-state index contributed by atoms with van der Waals surface area (Å²) >= 11 is 7.74. The number of halogens is 1. The van der Waals surface area contributed by atoms with Gasteiger partial charge in [0, 0.05) is 13.1 Å². The van der Waals surface area contributed by atoms with Gasteiger partial charge in [-0.3, -0.25) is 10.1 Å². The molecular formula is C20H28ClN3O5S2. The van der Waals surface area contributed by atoms with Crippen LogP contribution in [0.15, 0.2) is 29.2 Å². The molecule has 2 aliphatic heterocycles. The number of carboxylic acid groups (broad SMARTS) is 1. The highest BCUT2D eigenvalue weighted by Gasteiger charge is 2.55. The van der Waals surface area contributed by atoms with Gasteiger partial charge in [-0.15, -0.1) is 0 Å². The van der Waals surface area contributed by atoms with Crippen LogP contribution in [0.25, 0.3) is 0 Å². The first-order valence-corrected chi connectivity index (χ1v) is 13.5. The summed E-state index contributed by atoms with van der Waals surface area (Å²) < 4.78 is 27.6. The van der Waals surface area contributed by atoms with Crippen molar-refractivity contribution in [1.82, 2.24) is 14.5 Å². The fourth-order valence-corrected chi connectivity index (χ4v) is 6.87. The van der Waals surface area contributed by atoms with Crippen molar-refractivity contribution in [3.05, 3.63) is 29.3 Å². The van der Waals surface area contributed by atoms with E-state index in [9.17, 15) is 23.1 Å². The number of sulfonamides is 1. The molecule has 0 aliphatic carbocycles. The number of nitrogens with one attached hydrogen (secondary N) is 1. The predicted molar refractivity (Wildman–Crippen MR) is 121 cm³/mol. The number of hydrogen-bond donors (Lipinski definition) is 2. The van der Waals surface area contributed by atoms with Gasteiger partial charge in [-0.05, 0) is 49.8 Å². The van der Waals surface area contributed by atoms with E-state index in [-0.39, 0.29) is 35.3 Å². The van der Waals surface area contributed by atoms with Crippen LogP contribution >= 0.6 is 23.4 Å². The number of carbonyl (C=O) groups excluding carboxylic acids is 1. The average molecular weight is 490 g/mol. The van der Waals surface area contributed by atoms with Crippen LogP contribution in [0.4, 0.5) is 0 Å². The third kappa shape index (κ3) is 4.59. The minimum absolute atomic E-state index is 0.0507. The van der Waals surface area contributed by atoms with Gasteiger partial charge in [0.05, 0.1) is 16.7 Å². The predicted octanol–water partition coefficient (Wildman–Crippen LogP) is 2.24. The number of hydrogen-bond acceptors (Lipinski definition) is 6. The minimum Gasteiger partial charge on any atom is -0.480 e. The number of amides is 1. The summed E-state index contributed by atoms with van der Waals surface area (Å²) in [5.74, 6) is -0.496. The maximum Gasteiger partial charge on any atom is 0.326 e. The maximum atomic E-state index is 13.2. The van der Waals surface area contributed by atoms with Crippen LogP contribution < -0.4 is 5.32 Å². The second-order valence-electron chi connectivity index (χ2n) is 7.82. The van der Waals surface area contributed by atoms with E-state index in [1.165, 1.54) is 21.3 Å². The number of aliphatic carboxylic acids is 1. The molecule has 2 unspecified atom stereocenters. The lowest BCUT2D eigenvalue weighted by Crippen LogP contribution is -2.63. The van der Waals surface area contributed by atoms with Gasteiger partial charge in [-0.25, -0.2) is 13.2 Å². The molecular weight excluding hydrogens is 462 g/mol. The van der Waals surface area contributed by atoms with Crippen molar-refractivity contribution >= 4 is 45.3 Å². The lowest BCUT2D eigenvalue weighted by Gasteiger charge is -2.46. The van der Waals surface area contributed by atoms with Gasteiger partial charge in [-0.1, -0.05) is 30.7 Å². The highest BCUT2D eigenvalue weighted by atomic mass is 35.5. The third-order valence-corrected chi connectivity index (χ3v) is 9.08. The molecule has 1 spiro atoms. The summed E-state index contributed by atoms with van der Waals surface area (Å²) in [5.41, 5.74) is -0.869. The van der Waals surface area contributed by atoms with Crippen molar-refractivity contribution in [2.45, 2.75) is 55.2 Å². The molecule has 1 amide bonds. The first-order valence-electron chi connectivity index (χ1n) is 10.2.